The minimum Gasteiger partial charge on any atom is -0.495 e. The molecule has 2 heterocycles. The molecule has 0 saturated heterocycles. The van der Waals surface area contributed by atoms with E-state index in [9.17, 15) is 5.11 Å². The number of rotatable bonds is 2. The molecule has 0 fully saturated rings. The van der Waals surface area contributed by atoms with Crippen molar-refractivity contribution >= 4 is 22.3 Å². The lowest BCUT2D eigenvalue weighted by molar-refractivity contribution is 0.456. The number of aromatic hydroxyl groups is 1. The first-order chi connectivity index (χ1) is 8.22. The minimum absolute atomic E-state index is 0.172. The van der Waals surface area contributed by atoms with E-state index >= 15 is 0 Å². The van der Waals surface area contributed by atoms with Gasteiger partial charge in [0.05, 0.1) is 5.69 Å². The van der Waals surface area contributed by atoms with E-state index in [2.05, 4.69) is 21.4 Å². The molecule has 0 unspecified atom stereocenters. The van der Waals surface area contributed by atoms with E-state index in [1.807, 2.05) is 31.3 Å². The van der Waals surface area contributed by atoms with Crippen molar-refractivity contribution in [3.8, 4) is 5.88 Å². The molecule has 0 atom stereocenters. The minimum atomic E-state index is 0.172. The van der Waals surface area contributed by atoms with Crippen LogP contribution in [-0.2, 0) is 0 Å². The Morgan fingerprint density at radius 3 is 2.82 bits per heavy atom. The van der Waals surface area contributed by atoms with E-state index in [1.165, 1.54) is 5.39 Å². The molecule has 0 aliphatic rings. The van der Waals surface area contributed by atoms with Crippen LogP contribution >= 0.6 is 0 Å². The van der Waals surface area contributed by atoms with Crippen molar-refractivity contribution in [2.45, 2.75) is 6.92 Å². The molecule has 0 amide bonds. The standard InChI is InChI=1S/C13H13N3O/c1-8-11(7-13(17)15-8)16-10-3-2-9-4-5-14-12(9)6-10/h2-7,14-17H,1H3. The number of anilines is 2. The largest absolute Gasteiger partial charge is 0.495 e. The zero-order chi connectivity index (χ0) is 11.8. The second kappa shape index (κ2) is 3.59. The van der Waals surface area contributed by atoms with Crippen LogP contribution in [0.3, 0.4) is 0 Å². The molecule has 4 N–H and O–H groups in total. The molecule has 0 radical (unpaired) electrons. The van der Waals surface area contributed by atoms with Crippen LogP contribution in [-0.4, -0.2) is 15.1 Å². The van der Waals surface area contributed by atoms with Gasteiger partial charge >= 0.3 is 0 Å². The van der Waals surface area contributed by atoms with Crippen LogP contribution in [0.4, 0.5) is 11.4 Å². The van der Waals surface area contributed by atoms with Gasteiger partial charge in [-0.15, -0.1) is 0 Å². The van der Waals surface area contributed by atoms with Crippen molar-refractivity contribution in [2.75, 3.05) is 5.32 Å². The van der Waals surface area contributed by atoms with Gasteiger partial charge in [-0.1, -0.05) is 6.07 Å². The Morgan fingerprint density at radius 2 is 2.06 bits per heavy atom. The van der Waals surface area contributed by atoms with Gasteiger partial charge < -0.3 is 20.4 Å². The summed E-state index contributed by atoms with van der Waals surface area (Å²) in [5, 5.41) is 13.8. The van der Waals surface area contributed by atoms with Crippen molar-refractivity contribution in [2.24, 2.45) is 0 Å². The van der Waals surface area contributed by atoms with E-state index in [4.69, 9.17) is 0 Å². The Kier molecular flexibility index (Phi) is 2.08. The average molecular weight is 227 g/mol. The van der Waals surface area contributed by atoms with Gasteiger partial charge in [-0.05, 0) is 30.5 Å². The van der Waals surface area contributed by atoms with Gasteiger partial charge in [-0.2, -0.15) is 0 Å². The van der Waals surface area contributed by atoms with Crippen molar-refractivity contribution in [1.82, 2.24) is 9.97 Å². The van der Waals surface area contributed by atoms with Gasteiger partial charge in [0, 0.05) is 29.2 Å². The highest BCUT2D eigenvalue weighted by molar-refractivity contribution is 5.84. The molecule has 1 aromatic carbocycles. The number of benzene rings is 1. The highest BCUT2D eigenvalue weighted by atomic mass is 16.3. The van der Waals surface area contributed by atoms with Gasteiger partial charge in [0.2, 0.25) is 0 Å². The third-order valence-electron chi connectivity index (χ3n) is 2.83. The van der Waals surface area contributed by atoms with E-state index in [1.54, 1.807) is 6.07 Å². The normalized spacial score (nSPS) is 10.9. The second-order valence-corrected chi connectivity index (χ2v) is 4.10. The molecule has 2 aromatic heterocycles. The van der Waals surface area contributed by atoms with Crippen LogP contribution < -0.4 is 5.32 Å². The molecular weight excluding hydrogens is 214 g/mol. The third-order valence-corrected chi connectivity index (χ3v) is 2.83. The number of fused-ring (bicyclic) bond motifs is 1. The second-order valence-electron chi connectivity index (χ2n) is 4.10. The van der Waals surface area contributed by atoms with Crippen molar-refractivity contribution in [3.05, 3.63) is 42.2 Å². The monoisotopic (exact) mass is 227 g/mol. The summed E-state index contributed by atoms with van der Waals surface area (Å²) in [6.45, 7) is 1.91. The molecule has 3 aromatic rings. The van der Waals surface area contributed by atoms with Crippen LogP contribution in [0.1, 0.15) is 5.69 Å². The molecule has 0 aliphatic heterocycles. The predicted molar refractivity (Wildman–Crippen MR) is 68.8 cm³/mol. The van der Waals surface area contributed by atoms with Crippen molar-refractivity contribution in [1.29, 1.82) is 0 Å². The highest BCUT2D eigenvalue weighted by Gasteiger charge is 2.04. The van der Waals surface area contributed by atoms with Gasteiger partial charge in [-0.3, -0.25) is 0 Å². The molecular formula is C13H13N3O. The maximum Gasteiger partial charge on any atom is 0.190 e. The summed E-state index contributed by atoms with van der Waals surface area (Å²) in [4.78, 5) is 6.01. The van der Waals surface area contributed by atoms with Crippen molar-refractivity contribution < 1.29 is 5.11 Å². The van der Waals surface area contributed by atoms with Gasteiger partial charge in [0.15, 0.2) is 5.88 Å². The summed E-state index contributed by atoms with van der Waals surface area (Å²) in [5.41, 5.74) is 3.87. The van der Waals surface area contributed by atoms with Gasteiger partial charge in [-0.25, -0.2) is 0 Å². The number of hydrogen-bond donors (Lipinski definition) is 4. The Hall–Kier alpha value is -2.36. The summed E-state index contributed by atoms with van der Waals surface area (Å²) >= 11 is 0. The molecule has 0 spiro atoms. The SMILES string of the molecule is Cc1[nH]c(O)cc1Nc1ccc2cc[nH]c2c1. The van der Waals surface area contributed by atoms with Gasteiger partial charge in [0.25, 0.3) is 0 Å². The zero-order valence-electron chi connectivity index (χ0n) is 9.41. The van der Waals surface area contributed by atoms with Crippen LogP contribution in [0.25, 0.3) is 10.9 Å². The lowest BCUT2D eigenvalue weighted by Gasteiger charge is -2.05. The lowest BCUT2D eigenvalue weighted by Crippen LogP contribution is -1.90. The summed E-state index contributed by atoms with van der Waals surface area (Å²) in [5.74, 6) is 0.172. The average Bonchev–Trinajstić information content (AvgIpc) is 2.85. The molecule has 0 aliphatic carbocycles. The topological polar surface area (TPSA) is 63.8 Å². The fourth-order valence-corrected chi connectivity index (χ4v) is 1.95. The van der Waals surface area contributed by atoms with E-state index in [-0.39, 0.29) is 5.88 Å². The van der Waals surface area contributed by atoms with Crippen molar-refractivity contribution in [3.63, 3.8) is 0 Å². The number of aromatic nitrogens is 2. The first-order valence-electron chi connectivity index (χ1n) is 5.45. The summed E-state index contributed by atoms with van der Waals surface area (Å²) in [6.07, 6.45) is 1.92. The fourth-order valence-electron chi connectivity index (χ4n) is 1.95. The number of hydrogen-bond acceptors (Lipinski definition) is 2. The number of H-pyrrole nitrogens is 2. The Bertz CT molecular complexity index is 666. The Labute approximate surface area is 98.3 Å². The quantitative estimate of drug-likeness (QED) is 0.543. The smallest absolute Gasteiger partial charge is 0.190 e. The zero-order valence-corrected chi connectivity index (χ0v) is 9.41. The number of aryl methyl sites for hydroxylation is 1. The molecule has 0 saturated carbocycles. The first kappa shape index (κ1) is 9.84. The number of nitrogens with one attached hydrogen (secondary N) is 3. The molecule has 4 heteroatoms. The molecule has 3 rings (SSSR count). The van der Waals surface area contributed by atoms with Crippen LogP contribution in [0, 0.1) is 6.92 Å². The Morgan fingerprint density at radius 1 is 1.18 bits per heavy atom. The molecule has 86 valence electrons. The molecule has 4 nitrogen and oxygen atoms in total. The third kappa shape index (κ3) is 1.73. The molecule has 17 heavy (non-hydrogen) atoms. The maximum absolute atomic E-state index is 9.35. The first-order valence-corrected chi connectivity index (χ1v) is 5.45. The van der Waals surface area contributed by atoms with E-state index in [0.717, 1.165) is 22.6 Å². The van der Waals surface area contributed by atoms with Crippen LogP contribution in [0.15, 0.2) is 36.5 Å². The highest BCUT2D eigenvalue weighted by Crippen LogP contribution is 2.26. The fraction of sp³-hybridized carbons (Fsp3) is 0.0769. The van der Waals surface area contributed by atoms with Crippen LogP contribution in [0.2, 0.25) is 0 Å². The maximum atomic E-state index is 9.35. The summed E-state index contributed by atoms with van der Waals surface area (Å²) < 4.78 is 0. The van der Waals surface area contributed by atoms with Gasteiger partial charge in [0.1, 0.15) is 0 Å². The molecule has 0 bridgehead atoms. The number of aromatic amines is 2. The van der Waals surface area contributed by atoms with E-state index < -0.39 is 0 Å². The lowest BCUT2D eigenvalue weighted by atomic mass is 10.2. The predicted octanol–water partition coefficient (Wildman–Crippen LogP) is 3.25. The Balaban J connectivity index is 1.96. The van der Waals surface area contributed by atoms with E-state index in [0.29, 0.717) is 0 Å². The van der Waals surface area contributed by atoms with Crippen LogP contribution in [0.5, 0.6) is 5.88 Å². The summed E-state index contributed by atoms with van der Waals surface area (Å²) in [7, 11) is 0. The summed E-state index contributed by atoms with van der Waals surface area (Å²) in [6, 6.07) is 9.81.